The fourth-order valence-electron chi connectivity index (χ4n) is 2.80. The molecule has 0 aromatic carbocycles. The third-order valence-corrected chi connectivity index (χ3v) is 3.71. The summed E-state index contributed by atoms with van der Waals surface area (Å²) in [6.45, 7) is 11.5. The van der Waals surface area contributed by atoms with Gasteiger partial charge in [-0.15, -0.1) is 0 Å². The van der Waals surface area contributed by atoms with Gasteiger partial charge in [0, 0.05) is 18.8 Å². The Morgan fingerprint density at radius 3 is 2.67 bits per heavy atom. The second kappa shape index (κ2) is 4.63. The van der Waals surface area contributed by atoms with Gasteiger partial charge < -0.3 is 10.1 Å². The summed E-state index contributed by atoms with van der Waals surface area (Å²) >= 11 is 0. The predicted molar refractivity (Wildman–Crippen MR) is 73.5 cm³/mol. The van der Waals surface area contributed by atoms with E-state index in [1.807, 2.05) is 12.3 Å². The van der Waals surface area contributed by atoms with E-state index in [1.165, 1.54) is 5.56 Å². The van der Waals surface area contributed by atoms with Gasteiger partial charge in [-0.1, -0.05) is 6.07 Å². The van der Waals surface area contributed by atoms with Crippen molar-refractivity contribution in [2.45, 2.75) is 64.8 Å². The van der Waals surface area contributed by atoms with E-state index >= 15 is 0 Å². The lowest BCUT2D eigenvalue weighted by Crippen LogP contribution is -2.43. The van der Waals surface area contributed by atoms with Crippen molar-refractivity contribution in [2.75, 3.05) is 0 Å². The molecule has 0 radical (unpaired) electrons. The molecule has 2 heterocycles. The van der Waals surface area contributed by atoms with Crippen LogP contribution < -0.4 is 5.32 Å². The third-order valence-electron chi connectivity index (χ3n) is 3.71. The zero-order valence-electron chi connectivity index (χ0n) is 12.1. The van der Waals surface area contributed by atoms with Crippen LogP contribution in [0.15, 0.2) is 18.3 Å². The normalized spacial score (nSPS) is 25.3. The van der Waals surface area contributed by atoms with Crippen molar-refractivity contribution in [3.8, 4) is 0 Å². The van der Waals surface area contributed by atoms with Gasteiger partial charge in [0.25, 0.3) is 0 Å². The van der Waals surface area contributed by atoms with Gasteiger partial charge in [-0.3, -0.25) is 4.98 Å². The molecule has 0 bridgehead atoms. The number of aromatic nitrogens is 1. The smallest absolute Gasteiger partial charge is 0.0787 e. The van der Waals surface area contributed by atoms with E-state index in [2.05, 4.69) is 51.0 Å². The van der Waals surface area contributed by atoms with Crippen LogP contribution in [0.1, 0.15) is 45.4 Å². The second-order valence-electron chi connectivity index (χ2n) is 6.37. The van der Waals surface area contributed by atoms with Crippen LogP contribution in [-0.4, -0.2) is 22.2 Å². The van der Waals surface area contributed by atoms with E-state index in [0.29, 0.717) is 6.04 Å². The van der Waals surface area contributed by atoms with Crippen LogP contribution in [0.5, 0.6) is 0 Å². The number of pyridine rings is 1. The summed E-state index contributed by atoms with van der Waals surface area (Å²) in [4.78, 5) is 4.42. The van der Waals surface area contributed by atoms with Gasteiger partial charge in [-0.05, 0) is 52.7 Å². The highest BCUT2D eigenvalue weighted by Gasteiger charge is 2.45. The summed E-state index contributed by atoms with van der Waals surface area (Å²) in [6.07, 6.45) is 2.89. The standard InChI is InChI=1S/C15H24N2O/c1-11-7-6-8-16-12(11)10-17-13-9-14(2,3)18-15(13,4)5/h6-8,13,17H,9-10H2,1-5H3. The summed E-state index contributed by atoms with van der Waals surface area (Å²) in [5.74, 6) is 0. The minimum atomic E-state index is -0.119. The molecule has 1 aromatic rings. The van der Waals surface area contributed by atoms with Gasteiger partial charge in [-0.2, -0.15) is 0 Å². The van der Waals surface area contributed by atoms with E-state index in [0.717, 1.165) is 18.7 Å². The maximum absolute atomic E-state index is 6.08. The molecule has 1 fully saturated rings. The molecule has 0 saturated carbocycles. The number of nitrogens with one attached hydrogen (secondary N) is 1. The minimum Gasteiger partial charge on any atom is -0.368 e. The largest absolute Gasteiger partial charge is 0.368 e. The Hall–Kier alpha value is -0.930. The first kappa shape index (κ1) is 13.5. The van der Waals surface area contributed by atoms with Crippen molar-refractivity contribution in [1.82, 2.24) is 10.3 Å². The van der Waals surface area contributed by atoms with Crippen LogP contribution in [-0.2, 0) is 11.3 Å². The zero-order valence-corrected chi connectivity index (χ0v) is 12.1. The van der Waals surface area contributed by atoms with Gasteiger partial charge in [-0.25, -0.2) is 0 Å². The molecule has 1 N–H and O–H groups in total. The first-order valence-electron chi connectivity index (χ1n) is 6.64. The van der Waals surface area contributed by atoms with E-state index in [-0.39, 0.29) is 11.2 Å². The Kier molecular flexibility index (Phi) is 3.47. The summed E-state index contributed by atoms with van der Waals surface area (Å²) in [5, 5.41) is 3.60. The van der Waals surface area contributed by atoms with Crippen LogP contribution in [0.4, 0.5) is 0 Å². The van der Waals surface area contributed by atoms with Gasteiger partial charge in [0.05, 0.1) is 16.9 Å². The van der Waals surface area contributed by atoms with Gasteiger partial charge in [0.1, 0.15) is 0 Å². The Morgan fingerprint density at radius 1 is 1.39 bits per heavy atom. The topological polar surface area (TPSA) is 34.2 Å². The van der Waals surface area contributed by atoms with E-state index in [4.69, 9.17) is 4.74 Å². The average molecular weight is 248 g/mol. The Labute approximate surface area is 110 Å². The fraction of sp³-hybridized carbons (Fsp3) is 0.667. The zero-order chi connectivity index (χ0) is 13.4. The summed E-state index contributed by atoms with van der Waals surface area (Å²) in [5.41, 5.74) is 2.20. The molecule has 100 valence electrons. The molecule has 2 rings (SSSR count). The lowest BCUT2D eigenvalue weighted by atomic mass is 9.94. The molecule has 1 unspecified atom stereocenters. The lowest BCUT2D eigenvalue weighted by Gasteiger charge is -2.28. The van der Waals surface area contributed by atoms with Gasteiger partial charge >= 0.3 is 0 Å². The number of aryl methyl sites for hydroxylation is 1. The molecule has 0 spiro atoms. The maximum Gasteiger partial charge on any atom is 0.0787 e. The SMILES string of the molecule is Cc1cccnc1CNC1CC(C)(C)OC1(C)C. The molecule has 0 aliphatic carbocycles. The highest BCUT2D eigenvalue weighted by molar-refractivity contribution is 5.17. The first-order valence-corrected chi connectivity index (χ1v) is 6.64. The first-order chi connectivity index (χ1) is 8.30. The van der Waals surface area contributed by atoms with E-state index in [9.17, 15) is 0 Å². The van der Waals surface area contributed by atoms with Crippen LogP contribution in [0.25, 0.3) is 0 Å². The predicted octanol–water partition coefficient (Wildman–Crippen LogP) is 2.83. The second-order valence-corrected chi connectivity index (χ2v) is 6.37. The molecule has 3 heteroatoms. The third kappa shape index (κ3) is 2.90. The van der Waals surface area contributed by atoms with E-state index in [1.54, 1.807) is 0 Å². The van der Waals surface area contributed by atoms with Crippen molar-refractivity contribution in [1.29, 1.82) is 0 Å². The van der Waals surface area contributed by atoms with Gasteiger partial charge in [0.2, 0.25) is 0 Å². The average Bonchev–Trinajstić information content (AvgIpc) is 2.45. The molecule has 1 atom stereocenters. The molecule has 1 saturated heterocycles. The lowest BCUT2D eigenvalue weighted by molar-refractivity contribution is -0.0699. The molecule has 0 amide bonds. The van der Waals surface area contributed by atoms with Crippen molar-refractivity contribution in [3.63, 3.8) is 0 Å². The maximum atomic E-state index is 6.08. The molecule has 18 heavy (non-hydrogen) atoms. The molecule has 3 nitrogen and oxygen atoms in total. The Balaban J connectivity index is 2.01. The fourth-order valence-corrected chi connectivity index (χ4v) is 2.80. The molecule has 1 aromatic heterocycles. The quantitative estimate of drug-likeness (QED) is 0.893. The number of rotatable bonds is 3. The van der Waals surface area contributed by atoms with Crippen molar-refractivity contribution >= 4 is 0 Å². The molecule has 1 aliphatic heterocycles. The van der Waals surface area contributed by atoms with Crippen molar-refractivity contribution in [3.05, 3.63) is 29.6 Å². The molecular weight excluding hydrogens is 224 g/mol. The van der Waals surface area contributed by atoms with Crippen LogP contribution in [0, 0.1) is 6.92 Å². The summed E-state index contributed by atoms with van der Waals surface area (Å²) in [6, 6.07) is 4.45. The Morgan fingerprint density at radius 2 is 2.11 bits per heavy atom. The Bertz CT molecular complexity index is 426. The van der Waals surface area contributed by atoms with Crippen molar-refractivity contribution in [2.24, 2.45) is 0 Å². The summed E-state index contributed by atoms with van der Waals surface area (Å²) < 4.78 is 6.08. The minimum absolute atomic E-state index is 0.0413. The number of nitrogens with zero attached hydrogens (tertiary/aromatic N) is 1. The van der Waals surface area contributed by atoms with Gasteiger partial charge in [0.15, 0.2) is 0 Å². The number of hydrogen-bond acceptors (Lipinski definition) is 3. The summed E-state index contributed by atoms with van der Waals surface area (Å²) in [7, 11) is 0. The van der Waals surface area contributed by atoms with Crippen LogP contribution in [0.2, 0.25) is 0 Å². The monoisotopic (exact) mass is 248 g/mol. The molecular formula is C15H24N2O. The number of ether oxygens (including phenoxy) is 1. The highest BCUT2D eigenvalue weighted by Crippen LogP contribution is 2.37. The van der Waals surface area contributed by atoms with Crippen LogP contribution >= 0.6 is 0 Å². The molecule has 1 aliphatic rings. The van der Waals surface area contributed by atoms with Crippen LogP contribution in [0.3, 0.4) is 0 Å². The van der Waals surface area contributed by atoms with Crippen molar-refractivity contribution < 1.29 is 4.74 Å². The number of hydrogen-bond donors (Lipinski definition) is 1. The highest BCUT2D eigenvalue weighted by atomic mass is 16.5. The van der Waals surface area contributed by atoms with E-state index < -0.39 is 0 Å².